The molecule has 408 valence electrons. The van der Waals surface area contributed by atoms with Crippen molar-refractivity contribution in [1.82, 2.24) is 48.8 Å². The third-order valence-corrected chi connectivity index (χ3v) is 13.3. The minimum atomic E-state index is -0.496. The van der Waals surface area contributed by atoms with E-state index in [0.29, 0.717) is 54.2 Å². The number of fused-ring (bicyclic) bond motifs is 2. The van der Waals surface area contributed by atoms with Gasteiger partial charge in [-0.15, -0.1) is 0 Å². The molecule has 2 aromatic carbocycles. The molecule has 24 nitrogen and oxygen atoms in total. The SMILES string of the molecule is COc1nc(N(C)CCN(C)C)c([N+](=O)[O-])cc1N.COc1nc(N(C)CCN(C)C)c([N+](=O)[O-])cc1Nc1ncc(C#N)c(-c2cn(C3CC3)c3ccccc23)n1.N#Cc1cnc(Cl)nc1-c1cn(C2CC2)c2ccccc12. The summed E-state index contributed by atoms with van der Waals surface area (Å²) in [6.45, 7) is 2.58. The first-order valence-corrected chi connectivity index (χ1v) is 25.4. The zero-order valence-corrected chi connectivity index (χ0v) is 45.7. The highest BCUT2D eigenvalue weighted by molar-refractivity contribution is 6.28. The van der Waals surface area contributed by atoms with Gasteiger partial charge < -0.3 is 49.3 Å². The van der Waals surface area contributed by atoms with Crippen molar-refractivity contribution >= 4 is 73.7 Å². The predicted octanol–water partition coefficient (Wildman–Crippen LogP) is 8.89. The lowest BCUT2D eigenvalue weighted by atomic mass is 10.1. The fraction of sp³-hybridized carbons (Fsp3) is 0.333. The number of nitrogens with one attached hydrogen (secondary N) is 1. The van der Waals surface area contributed by atoms with Crippen LogP contribution in [-0.4, -0.2) is 141 Å². The molecular formula is C54H59ClN18O6. The van der Waals surface area contributed by atoms with Gasteiger partial charge >= 0.3 is 11.4 Å². The van der Waals surface area contributed by atoms with Crippen molar-refractivity contribution in [2.24, 2.45) is 0 Å². The minimum absolute atomic E-state index is 0.125. The molecule has 2 saturated carbocycles. The second kappa shape index (κ2) is 24.4. The number of para-hydroxylation sites is 2. The quantitative estimate of drug-likeness (QED) is 0.0460. The van der Waals surface area contributed by atoms with E-state index in [2.05, 4.69) is 80.9 Å². The number of hydrogen-bond acceptors (Lipinski definition) is 20. The summed E-state index contributed by atoms with van der Waals surface area (Å²) < 4.78 is 15.0. The Morgan fingerprint density at radius 2 is 1.14 bits per heavy atom. The van der Waals surface area contributed by atoms with Crippen molar-refractivity contribution in [3.05, 3.63) is 122 Å². The lowest BCUT2D eigenvalue weighted by Gasteiger charge is -2.21. The number of hydrogen-bond donors (Lipinski definition) is 2. The number of aromatic nitrogens is 8. The maximum atomic E-state index is 12.0. The molecule has 2 aliphatic rings. The number of nitriles is 2. The smallest absolute Gasteiger partial charge is 0.313 e. The van der Waals surface area contributed by atoms with Gasteiger partial charge in [-0.25, -0.2) is 19.9 Å². The molecular weight excluding hydrogens is 1030 g/mol. The standard InChI is InChI=1S/C27H29N9O3.C16H11ClN4.C11H19N5O3/c1-33(2)11-12-34(3)25-23(36(37)38)13-21(26(32-25)39-4)30-27-29-15-17(14-28)24(31-27)20-16-35(18-9-10-18)22-8-6-5-7-19(20)22;17-16-19-8-10(7-18)15(20-16)13-9-21(11-5-6-11)14-4-2-1-3-12(13)14;1-14(2)5-6-15(3)10-9(16(17)18)7-8(12)11(13-10)19-4/h5-8,13,15-16,18H,9-12H2,1-4H3,(H,29,30,31);1-4,8-9,11H,5-6H2;7H,5-6,12H2,1-4H3. The molecule has 25 heteroatoms. The number of nitro groups is 2. The molecule has 10 rings (SSSR count). The van der Waals surface area contributed by atoms with Crippen molar-refractivity contribution in [2.75, 3.05) is 104 Å². The number of rotatable bonds is 18. The van der Waals surface area contributed by atoms with Crippen LogP contribution in [0.4, 0.5) is 40.3 Å². The monoisotopic (exact) mass is 1090 g/mol. The van der Waals surface area contributed by atoms with Gasteiger partial charge in [0.05, 0.1) is 59.0 Å². The van der Waals surface area contributed by atoms with Crippen LogP contribution in [-0.2, 0) is 0 Å². The number of nitrogens with two attached hydrogens (primary N) is 1. The minimum Gasteiger partial charge on any atom is -0.479 e. The van der Waals surface area contributed by atoms with Gasteiger partial charge in [-0.2, -0.15) is 20.5 Å². The first kappa shape index (κ1) is 56.0. The molecule has 6 aromatic heterocycles. The highest BCUT2D eigenvalue weighted by Crippen LogP contribution is 2.44. The third kappa shape index (κ3) is 12.8. The summed E-state index contributed by atoms with van der Waals surface area (Å²) in [6, 6.07) is 24.2. The van der Waals surface area contributed by atoms with Crippen LogP contribution in [0.5, 0.6) is 11.8 Å². The molecule has 0 saturated heterocycles. The molecule has 79 heavy (non-hydrogen) atoms. The Bertz CT molecular complexity index is 3640. The number of halogens is 1. The van der Waals surface area contributed by atoms with Crippen molar-refractivity contribution in [1.29, 1.82) is 10.5 Å². The van der Waals surface area contributed by atoms with Crippen molar-refractivity contribution in [2.45, 2.75) is 37.8 Å². The first-order chi connectivity index (χ1) is 37.9. The van der Waals surface area contributed by atoms with Crippen LogP contribution in [0.3, 0.4) is 0 Å². The molecule has 3 N–H and O–H groups in total. The molecule has 6 heterocycles. The molecule has 2 fully saturated rings. The van der Waals surface area contributed by atoms with E-state index in [0.717, 1.165) is 46.8 Å². The molecule has 0 spiro atoms. The van der Waals surface area contributed by atoms with E-state index in [4.69, 9.17) is 26.8 Å². The average molecular weight is 1090 g/mol. The normalized spacial score (nSPS) is 12.7. The Morgan fingerprint density at radius 3 is 1.59 bits per heavy atom. The summed E-state index contributed by atoms with van der Waals surface area (Å²) in [4.78, 5) is 55.1. The average Bonchev–Trinajstić information content (AvgIpc) is 4.55. The number of anilines is 5. The summed E-state index contributed by atoms with van der Waals surface area (Å²) in [5, 5.41) is 47.4. The maximum absolute atomic E-state index is 12.0. The van der Waals surface area contributed by atoms with Crippen molar-refractivity contribution in [3.8, 4) is 46.4 Å². The van der Waals surface area contributed by atoms with E-state index in [1.165, 1.54) is 57.1 Å². The van der Waals surface area contributed by atoms with Gasteiger partial charge in [0.2, 0.25) is 34.6 Å². The van der Waals surface area contributed by atoms with Crippen molar-refractivity contribution < 1.29 is 19.3 Å². The van der Waals surface area contributed by atoms with Crippen molar-refractivity contribution in [3.63, 3.8) is 0 Å². The van der Waals surface area contributed by atoms with Crippen LogP contribution < -0.4 is 30.3 Å². The van der Waals surface area contributed by atoms with Gasteiger partial charge in [0.15, 0.2) is 0 Å². The first-order valence-electron chi connectivity index (χ1n) is 25.1. The van der Waals surface area contributed by atoms with Crippen LogP contribution >= 0.6 is 11.6 Å². The molecule has 2 aliphatic carbocycles. The molecule has 0 amide bonds. The van der Waals surface area contributed by atoms with E-state index in [9.17, 15) is 30.8 Å². The molecule has 0 radical (unpaired) electrons. The molecule has 8 aromatic rings. The highest BCUT2D eigenvalue weighted by atomic mass is 35.5. The van der Waals surface area contributed by atoms with Gasteiger partial charge in [0.1, 0.15) is 23.5 Å². The summed E-state index contributed by atoms with van der Waals surface area (Å²) >= 11 is 5.92. The largest absolute Gasteiger partial charge is 0.479 e. The number of pyridine rings is 2. The van der Waals surface area contributed by atoms with Gasteiger partial charge in [-0.3, -0.25) is 20.2 Å². The Labute approximate surface area is 460 Å². The number of likely N-dealkylation sites (N-methyl/N-ethyl adjacent to an activating group) is 4. The van der Waals surface area contributed by atoms with Crippen LogP contribution in [0.15, 0.2) is 85.5 Å². The summed E-state index contributed by atoms with van der Waals surface area (Å²) in [5.41, 5.74) is 11.6. The zero-order valence-electron chi connectivity index (χ0n) is 45.0. The van der Waals surface area contributed by atoms with Crippen LogP contribution in [0.1, 0.15) is 48.9 Å². The van der Waals surface area contributed by atoms with E-state index < -0.39 is 9.85 Å². The summed E-state index contributed by atoms with van der Waals surface area (Å²) in [5.74, 6) is 0.955. The topological polar surface area (TPSA) is 291 Å². The van der Waals surface area contributed by atoms with E-state index in [1.54, 1.807) is 23.9 Å². The Kier molecular flexibility index (Phi) is 17.3. The van der Waals surface area contributed by atoms with E-state index >= 15 is 0 Å². The third-order valence-electron chi connectivity index (χ3n) is 13.1. The fourth-order valence-electron chi connectivity index (χ4n) is 8.71. The number of nitrogen functional groups attached to an aromatic ring is 1. The molecule has 0 atom stereocenters. The maximum Gasteiger partial charge on any atom is 0.313 e. The second-order valence-electron chi connectivity index (χ2n) is 19.4. The van der Waals surface area contributed by atoms with Crippen LogP contribution in [0.2, 0.25) is 5.28 Å². The Balaban J connectivity index is 0.000000173. The lowest BCUT2D eigenvalue weighted by molar-refractivity contribution is -0.384. The Hall–Kier alpha value is -9.23. The summed E-state index contributed by atoms with van der Waals surface area (Å²) in [6.07, 6.45) is 11.7. The zero-order chi connectivity index (χ0) is 56.7. The lowest BCUT2D eigenvalue weighted by Crippen LogP contribution is -2.29. The van der Waals surface area contributed by atoms with Gasteiger partial charge in [-0.05, 0) is 77.6 Å². The molecule has 0 aliphatic heterocycles. The van der Waals surface area contributed by atoms with Crippen LogP contribution in [0.25, 0.3) is 44.3 Å². The van der Waals surface area contributed by atoms with Gasteiger partial charge in [-0.1, -0.05) is 36.4 Å². The van der Waals surface area contributed by atoms with E-state index in [-0.39, 0.29) is 57.4 Å². The highest BCUT2D eigenvalue weighted by Gasteiger charge is 2.30. The van der Waals surface area contributed by atoms with Gasteiger partial charge in [0, 0.05) is 110 Å². The number of methoxy groups -OCH3 is 2. The van der Waals surface area contributed by atoms with Gasteiger partial charge in [0.25, 0.3) is 0 Å². The predicted molar refractivity (Wildman–Crippen MR) is 303 cm³/mol. The Morgan fingerprint density at radius 1 is 0.684 bits per heavy atom. The fourth-order valence-corrected chi connectivity index (χ4v) is 8.85. The number of nitrogens with zero attached hydrogens (tertiary/aromatic N) is 16. The number of benzene rings is 2. The summed E-state index contributed by atoms with van der Waals surface area (Å²) in [7, 11) is 14.1. The number of ether oxygens (including phenoxy) is 2. The molecule has 0 unspecified atom stereocenters. The second-order valence-corrected chi connectivity index (χ2v) is 19.7. The van der Waals surface area contributed by atoms with E-state index in [1.807, 2.05) is 74.5 Å². The van der Waals surface area contributed by atoms with Crippen LogP contribution in [0, 0.1) is 42.9 Å². The molecule has 0 bridgehead atoms.